The fourth-order valence-electron chi connectivity index (χ4n) is 3.25. The number of fused-ring (bicyclic) bond motifs is 1. The van der Waals surface area contributed by atoms with Gasteiger partial charge in [0.05, 0.1) is 11.1 Å². The molecule has 1 N–H and O–H groups in total. The number of carbonyl (C=O) groups is 1. The first-order valence-electron chi connectivity index (χ1n) is 8.32. The Labute approximate surface area is 142 Å². The van der Waals surface area contributed by atoms with Crippen LogP contribution in [0.1, 0.15) is 17.3 Å². The van der Waals surface area contributed by atoms with Gasteiger partial charge in [-0.2, -0.15) is 0 Å². The fraction of sp³-hybridized carbons (Fsp3) is 0.250. The highest BCUT2D eigenvalue weighted by molar-refractivity contribution is 6.06. The van der Waals surface area contributed by atoms with Gasteiger partial charge in [0.2, 0.25) is 0 Å². The van der Waals surface area contributed by atoms with Crippen molar-refractivity contribution >= 4 is 28.7 Å². The van der Waals surface area contributed by atoms with Gasteiger partial charge in [-0.3, -0.25) is 9.36 Å². The van der Waals surface area contributed by atoms with Crippen LogP contribution in [0.3, 0.4) is 0 Å². The maximum absolute atomic E-state index is 11.9. The number of benzene rings is 1. The largest absolute Gasteiger partial charge is 0.355 e. The third-order valence-corrected chi connectivity index (χ3v) is 4.35. The van der Waals surface area contributed by atoms with Crippen LogP contribution in [-0.2, 0) is 0 Å². The fourth-order valence-corrected chi connectivity index (χ4v) is 3.25. The van der Waals surface area contributed by atoms with Gasteiger partial charge in [-0.15, -0.1) is 0 Å². The van der Waals surface area contributed by atoms with Crippen molar-refractivity contribution in [1.82, 2.24) is 9.88 Å². The summed E-state index contributed by atoms with van der Waals surface area (Å²) in [4.78, 5) is 14.2. The zero-order valence-electron chi connectivity index (χ0n) is 14.0. The van der Waals surface area contributed by atoms with E-state index in [4.69, 9.17) is 0 Å². The standard InChI is InChI=1S/C20H23N3O/c1-3-5-8-16(4-2)23-19-10-7-6-9-17(19)18(15-24)20(23)22-13-11-21-12-14-22/h3-10,15,21H,2,11-14H2,1H3/b5-3+,16-8+. The molecule has 0 atom stereocenters. The molecule has 2 aromatic rings. The second-order valence-corrected chi connectivity index (χ2v) is 5.77. The van der Waals surface area contributed by atoms with Gasteiger partial charge in [0.25, 0.3) is 0 Å². The maximum atomic E-state index is 11.9. The number of hydrogen-bond donors (Lipinski definition) is 1. The molecule has 0 amide bonds. The third kappa shape index (κ3) is 2.81. The number of aromatic nitrogens is 1. The topological polar surface area (TPSA) is 37.3 Å². The van der Waals surface area contributed by atoms with Crippen molar-refractivity contribution in [2.24, 2.45) is 0 Å². The van der Waals surface area contributed by atoms with Crippen molar-refractivity contribution in [3.05, 3.63) is 60.7 Å². The minimum absolute atomic E-state index is 0.751. The monoisotopic (exact) mass is 321 g/mol. The first kappa shape index (κ1) is 16.3. The molecule has 1 aromatic carbocycles. The van der Waals surface area contributed by atoms with Gasteiger partial charge in [-0.05, 0) is 25.1 Å². The molecule has 1 aliphatic rings. The van der Waals surface area contributed by atoms with Crippen LogP contribution in [0.4, 0.5) is 5.82 Å². The lowest BCUT2D eigenvalue weighted by Gasteiger charge is -2.31. The Balaban J connectivity index is 2.31. The summed E-state index contributed by atoms with van der Waals surface area (Å²) in [6, 6.07) is 8.05. The molecule has 2 heterocycles. The second kappa shape index (κ2) is 7.32. The van der Waals surface area contributed by atoms with Crippen LogP contribution in [0.15, 0.2) is 55.1 Å². The van der Waals surface area contributed by atoms with Crippen molar-refractivity contribution in [2.75, 3.05) is 31.1 Å². The maximum Gasteiger partial charge on any atom is 0.154 e. The molecule has 24 heavy (non-hydrogen) atoms. The minimum atomic E-state index is 0.751. The number of anilines is 1. The smallest absolute Gasteiger partial charge is 0.154 e. The number of aldehydes is 1. The Hall–Kier alpha value is -2.59. The van der Waals surface area contributed by atoms with E-state index in [1.807, 2.05) is 49.4 Å². The van der Waals surface area contributed by atoms with E-state index in [-0.39, 0.29) is 0 Å². The molecule has 1 aliphatic heterocycles. The Kier molecular flexibility index (Phi) is 4.96. The number of allylic oxidation sites excluding steroid dienone is 5. The van der Waals surface area contributed by atoms with Crippen LogP contribution < -0.4 is 10.2 Å². The molecule has 1 saturated heterocycles. The summed E-state index contributed by atoms with van der Waals surface area (Å²) in [5, 5.41) is 4.35. The number of hydrogen-bond acceptors (Lipinski definition) is 3. The number of nitrogens with zero attached hydrogens (tertiary/aromatic N) is 2. The van der Waals surface area contributed by atoms with Crippen molar-refractivity contribution < 1.29 is 4.79 Å². The van der Waals surface area contributed by atoms with Crippen LogP contribution in [0, 0.1) is 0 Å². The lowest BCUT2D eigenvalue weighted by Crippen LogP contribution is -2.44. The van der Waals surface area contributed by atoms with Crippen LogP contribution >= 0.6 is 0 Å². The van der Waals surface area contributed by atoms with Crippen molar-refractivity contribution in [1.29, 1.82) is 0 Å². The zero-order valence-corrected chi connectivity index (χ0v) is 14.0. The molecule has 1 aromatic heterocycles. The lowest BCUT2D eigenvalue weighted by atomic mass is 10.2. The normalized spacial score (nSPS) is 16.0. The van der Waals surface area contributed by atoms with Gasteiger partial charge in [0.15, 0.2) is 6.29 Å². The van der Waals surface area contributed by atoms with Gasteiger partial charge in [-0.1, -0.05) is 36.9 Å². The average molecular weight is 321 g/mol. The van der Waals surface area contributed by atoms with Gasteiger partial charge < -0.3 is 10.2 Å². The number of para-hydroxylation sites is 1. The predicted octanol–water partition coefficient (Wildman–Crippen LogP) is 3.47. The Bertz CT molecular complexity index is 808. The minimum Gasteiger partial charge on any atom is -0.355 e. The van der Waals surface area contributed by atoms with Crippen LogP contribution in [-0.4, -0.2) is 37.0 Å². The molecule has 0 unspecified atom stereocenters. The molecular formula is C20H23N3O. The third-order valence-electron chi connectivity index (χ3n) is 4.35. The van der Waals surface area contributed by atoms with E-state index in [2.05, 4.69) is 27.4 Å². The summed E-state index contributed by atoms with van der Waals surface area (Å²) in [5.74, 6) is 0.961. The SMILES string of the molecule is C=C/C(=C\C=C\C)n1c(N2CCNCC2)c(C=O)c2ccccc21. The highest BCUT2D eigenvalue weighted by atomic mass is 16.1. The van der Waals surface area contributed by atoms with Crippen molar-refractivity contribution in [2.45, 2.75) is 6.92 Å². The van der Waals surface area contributed by atoms with Gasteiger partial charge in [0.1, 0.15) is 5.82 Å². The van der Waals surface area contributed by atoms with Crippen LogP contribution in [0.5, 0.6) is 0 Å². The number of nitrogens with one attached hydrogen (secondary N) is 1. The molecule has 124 valence electrons. The summed E-state index contributed by atoms with van der Waals surface area (Å²) >= 11 is 0. The van der Waals surface area contributed by atoms with Gasteiger partial charge >= 0.3 is 0 Å². The number of piperazine rings is 1. The molecular weight excluding hydrogens is 298 g/mol. The first-order chi connectivity index (χ1) is 11.8. The van der Waals surface area contributed by atoms with E-state index in [0.29, 0.717) is 0 Å². The van der Waals surface area contributed by atoms with E-state index < -0.39 is 0 Å². The molecule has 0 bridgehead atoms. The second-order valence-electron chi connectivity index (χ2n) is 5.77. The summed E-state index contributed by atoms with van der Waals surface area (Å²) in [7, 11) is 0. The highest BCUT2D eigenvalue weighted by Gasteiger charge is 2.23. The summed E-state index contributed by atoms with van der Waals surface area (Å²) in [6.45, 7) is 9.56. The molecule has 3 rings (SSSR count). The molecule has 4 nitrogen and oxygen atoms in total. The lowest BCUT2D eigenvalue weighted by molar-refractivity contribution is 0.112. The number of carbonyl (C=O) groups excluding carboxylic acids is 1. The Morgan fingerprint density at radius 1 is 1.25 bits per heavy atom. The molecule has 0 spiro atoms. The van der Waals surface area contributed by atoms with E-state index >= 15 is 0 Å². The van der Waals surface area contributed by atoms with E-state index in [0.717, 1.165) is 60.4 Å². The van der Waals surface area contributed by atoms with Crippen molar-refractivity contribution in [3.63, 3.8) is 0 Å². The van der Waals surface area contributed by atoms with E-state index in [9.17, 15) is 4.79 Å². The van der Waals surface area contributed by atoms with Gasteiger partial charge in [0, 0.05) is 37.3 Å². The van der Waals surface area contributed by atoms with Crippen molar-refractivity contribution in [3.8, 4) is 0 Å². The molecule has 0 saturated carbocycles. The Morgan fingerprint density at radius 3 is 2.67 bits per heavy atom. The summed E-state index contributed by atoms with van der Waals surface area (Å²) in [5.41, 5.74) is 2.75. The van der Waals surface area contributed by atoms with Gasteiger partial charge in [-0.25, -0.2) is 0 Å². The van der Waals surface area contributed by atoms with E-state index in [1.54, 1.807) is 0 Å². The molecule has 0 aliphatic carbocycles. The van der Waals surface area contributed by atoms with E-state index in [1.165, 1.54) is 0 Å². The van der Waals surface area contributed by atoms with Crippen LogP contribution in [0.25, 0.3) is 16.6 Å². The first-order valence-corrected chi connectivity index (χ1v) is 8.32. The molecule has 0 radical (unpaired) electrons. The average Bonchev–Trinajstić information content (AvgIpc) is 2.97. The molecule has 4 heteroatoms. The quantitative estimate of drug-likeness (QED) is 0.677. The summed E-state index contributed by atoms with van der Waals surface area (Å²) in [6.07, 6.45) is 8.83. The predicted molar refractivity (Wildman–Crippen MR) is 102 cm³/mol. The molecule has 1 fully saturated rings. The highest BCUT2D eigenvalue weighted by Crippen LogP contribution is 2.35. The Morgan fingerprint density at radius 2 is 2.00 bits per heavy atom. The number of rotatable bonds is 5. The zero-order chi connectivity index (χ0) is 16.9. The summed E-state index contributed by atoms with van der Waals surface area (Å²) < 4.78 is 2.15. The van der Waals surface area contributed by atoms with Crippen LogP contribution in [0.2, 0.25) is 0 Å².